The van der Waals surface area contributed by atoms with Crippen LogP contribution in [0, 0.1) is 0 Å². The summed E-state index contributed by atoms with van der Waals surface area (Å²) in [6.45, 7) is 7.43. The van der Waals surface area contributed by atoms with Gasteiger partial charge in [0.25, 0.3) is 15.9 Å². The Morgan fingerprint density at radius 1 is 0.591 bits per heavy atom. The normalized spacial score (nSPS) is 11.6. The Kier molecular flexibility index (Phi) is 31.3. The summed E-state index contributed by atoms with van der Waals surface area (Å²) >= 11 is 0. The minimum Gasteiger partial charge on any atom is -0.494 e. The quantitative estimate of drug-likeness (QED) is 0.0372. The zero-order valence-corrected chi connectivity index (χ0v) is 40.6. The number of aliphatic carboxylic acids is 1. The van der Waals surface area contributed by atoms with Crippen molar-refractivity contribution >= 4 is 39.6 Å². The molecule has 0 aliphatic heterocycles. The van der Waals surface area contributed by atoms with Crippen molar-refractivity contribution in [2.75, 3.05) is 77.3 Å². The molecule has 17 nitrogen and oxygen atoms in total. The number of anilines is 1. The highest BCUT2D eigenvalue weighted by Crippen LogP contribution is 2.20. The van der Waals surface area contributed by atoms with Crippen molar-refractivity contribution in [2.24, 2.45) is 0 Å². The second kappa shape index (κ2) is 35.8. The maximum atomic E-state index is 13.0. The van der Waals surface area contributed by atoms with E-state index < -0.39 is 27.5 Å². The maximum Gasteiger partial charge on any atom is 0.329 e. The summed E-state index contributed by atoms with van der Waals surface area (Å²) in [5.41, 5.74) is -0.147. The van der Waals surface area contributed by atoms with Gasteiger partial charge < -0.3 is 44.2 Å². The third-order valence-corrected chi connectivity index (χ3v) is 11.3. The molecule has 1 heterocycles. The molecular weight excluding hydrogens is 873 g/mol. The monoisotopic (exact) mass is 951 g/mol. The lowest BCUT2D eigenvalue weighted by Crippen LogP contribution is -2.31. The minimum atomic E-state index is -3.92. The van der Waals surface area contributed by atoms with E-state index in [9.17, 15) is 27.6 Å². The molecule has 2 amide bonds. The predicted molar refractivity (Wildman–Crippen MR) is 252 cm³/mol. The number of carbonyl (C=O) groups excluding carboxylic acids is 3. The number of unbranched alkanes of at least 4 members (excludes halogenated alkanes) is 16. The summed E-state index contributed by atoms with van der Waals surface area (Å²) in [4.78, 5) is 50.5. The molecule has 0 aliphatic carbocycles. The fourth-order valence-corrected chi connectivity index (χ4v) is 7.53. The number of ether oxygens (including phenoxy) is 6. The first-order valence-corrected chi connectivity index (χ1v) is 25.2. The van der Waals surface area contributed by atoms with Gasteiger partial charge in [-0.1, -0.05) is 96.3 Å². The van der Waals surface area contributed by atoms with E-state index in [0.29, 0.717) is 18.8 Å². The molecule has 0 saturated heterocycles. The number of nitrogens with zero attached hydrogens (tertiary/aromatic N) is 1. The molecule has 0 aliphatic rings. The van der Waals surface area contributed by atoms with Gasteiger partial charge in [0.1, 0.15) is 30.4 Å². The maximum absolute atomic E-state index is 13.0. The van der Waals surface area contributed by atoms with Crippen molar-refractivity contribution in [1.82, 2.24) is 15.6 Å². The highest BCUT2D eigenvalue weighted by molar-refractivity contribution is 7.92. The number of pyridine rings is 1. The van der Waals surface area contributed by atoms with Crippen LogP contribution in [0.4, 0.5) is 5.82 Å². The number of sulfonamides is 1. The molecule has 0 atom stereocenters. The van der Waals surface area contributed by atoms with Crippen molar-refractivity contribution < 1.29 is 61.1 Å². The number of carboxylic acids is 1. The van der Waals surface area contributed by atoms with Crippen LogP contribution in [0.5, 0.6) is 5.75 Å². The lowest BCUT2D eigenvalue weighted by Gasteiger charge is -2.19. The third-order valence-electron chi connectivity index (χ3n) is 9.92. The van der Waals surface area contributed by atoms with Gasteiger partial charge in [0.05, 0.1) is 56.7 Å². The van der Waals surface area contributed by atoms with Gasteiger partial charge in [-0.15, -0.1) is 0 Å². The number of benzene rings is 1. The number of hydrogen-bond acceptors (Lipinski definition) is 13. The minimum absolute atomic E-state index is 0.0599. The van der Waals surface area contributed by atoms with E-state index in [1.807, 2.05) is 20.8 Å². The summed E-state index contributed by atoms with van der Waals surface area (Å²) in [6, 6.07) is 9.12. The average molecular weight is 951 g/mol. The van der Waals surface area contributed by atoms with E-state index in [0.717, 1.165) is 25.7 Å². The van der Waals surface area contributed by atoms with Crippen LogP contribution in [-0.2, 0) is 48.1 Å². The number of aromatic nitrogens is 1. The molecule has 1 aromatic carbocycles. The van der Waals surface area contributed by atoms with E-state index >= 15 is 0 Å². The van der Waals surface area contributed by atoms with Crippen LogP contribution < -0.4 is 20.1 Å². The Labute approximate surface area is 393 Å². The Hall–Kier alpha value is -4.36. The van der Waals surface area contributed by atoms with Gasteiger partial charge in [-0.2, -0.15) is 0 Å². The van der Waals surface area contributed by atoms with Gasteiger partial charge in [0.15, 0.2) is 0 Å². The number of rotatable bonds is 41. The van der Waals surface area contributed by atoms with Gasteiger partial charge in [0.2, 0.25) is 5.91 Å². The molecule has 0 fully saturated rings. The first-order chi connectivity index (χ1) is 31.7. The fraction of sp³-hybridized carbons (Fsp3) is 0.688. The first-order valence-electron chi connectivity index (χ1n) is 23.8. The number of carbonyl (C=O) groups is 4. The fourth-order valence-electron chi connectivity index (χ4n) is 6.52. The molecule has 2 aromatic rings. The van der Waals surface area contributed by atoms with Gasteiger partial charge in [-0.3, -0.25) is 19.1 Å². The molecule has 0 unspecified atom stereocenters. The summed E-state index contributed by atoms with van der Waals surface area (Å²) in [6.07, 6.45) is 22.6. The van der Waals surface area contributed by atoms with Crippen molar-refractivity contribution in [1.29, 1.82) is 0 Å². The smallest absolute Gasteiger partial charge is 0.329 e. The molecule has 66 heavy (non-hydrogen) atoms. The molecule has 0 radical (unpaired) electrons. The largest absolute Gasteiger partial charge is 0.494 e. The van der Waals surface area contributed by atoms with E-state index in [4.69, 9.17) is 33.5 Å². The standard InChI is InChI=1S/C48H78N4O13S/c1-48(2,3)65-46(56)21-19-17-15-13-11-9-7-5-4-6-8-10-12-14-16-18-20-30-64-41-23-25-42(26-24-41)66(58,59)52-43-27-22-40(37-51-43)47(57)50-29-32-61-33-35-62-38-44(53)49-28-31-60-34-36-63-39-45(54)55/h22-27,37H,4-21,28-36,38-39H2,1-3H3,(H,49,53)(H,50,57)(H,51,52)(H,54,55). The number of nitrogens with one attached hydrogen (secondary N) is 3. The SMILES string of the molecule is CC(C)(C)OC(=O)CCCCCCCCCCCCCCCCCCCOc1ccc(S(=O)(=O)Nc2ccc(C(=O)NCCOCCOCC(=O)NCCOCCOCC(=O)O)cn2)cc1. The van der Waals surface area contributed by atoms with Crippen LogP contribution in [-0.4, -0.2) is 120 Å². The summed E-state index contributed by atoms with van der Waals surface area (Å²) in [5, 5.41) is 13.8. The highest BCUT2D eigenvalue weighted by atomic mass is 32.2. The lowest BCUT2D eigenvalue weighted by atomic mass is 10.0. The van der Waals surface area contributed by atoms with E-state index in [-0.39, 0.29) is 94.1 Å². The third kappa shape index (κ3) is 31.5. The number of hydrogen-bond donors (Lipinski definition) is 4. The van der Waals surface area contributed by atoms with Gasteiger partial charge >= 0.3 is 11.9 Å². The number of carboxylic acid groups (broad SMARTS) is 1. The lowest BCUT2D eigenvalue weighted by molar-refractivity contribution is -0.155. The summed E-state index contributed by atoms with van der Waals surface area (Å²) < 4.78 is 60.3. The van der Waals surface area contributed by atoms with E-state index in [1.54, 1.807) is 12.1 Å². The molecule has 0 spiro atoms. The van der Waals surface area contributed by atoms with Crippen molar-refractivity contribution in [3.05, 3.63) is 48.2 Å². The predicted octanol–water partition coefficient (Wildman–Crippen LogP) is 7.62. The Morgan fingerprint density at radius 3 is 1.61 bits per heavy atom. The molecule has 0 saturated carbocycles. The van der Waals surface area contributed by atoms with Crippen LogP contribution >= 0.6 is 0 Å². The van der Waals surface area contributed by atoms with Crippen molar-refractivity contribution in [3.8, 4) is 5.75 Å². The number of amides is 2. The molecular formula is C48H78N4O13S. The number of esters is 1. The molecule has 1 aromatic heterocycles. The zero-order chi connectivity index (χ0) is 48.1. The van der Waals surface area contributed by atoms with E-state index in [2.05, 4.69) is 20.3 Å². The Balaban J connectivity index is 1.43. The first kappa shape index (κ1) is 57.8. The average Bonchev–Trinajstić information content (AvgIpc) is 3.27. The summed E-state index contributed by atoms with van der Waals surface area (Å²) in [7, 11) is -3.92. The Bertz CT molecular complexity index is 1720. The van der Waals surface area contributed by atoms with E-state index in [1.165, 1.54) is 114 Å². The second-order valence-electron chi connectivity index (χ2n) is 17.0. The topological polar surface area (TPSA) is 227 Å². The summed E-state index contributed by atoms with van der Waals surface area (Å²) in [5.74, 6) is -1.19. The zero-order valence-electron chi connectivity index (χ0n) is 39.7. The molecule has 2 rings (SSSR count). The molecule has 0 bridgehead atoms. The molecule has 4 N–H and O–H groups in total. The van der Waals surface area contributed by atoms with Gasteiger partial charge in [-0.25, -0.2) is 18.2 Å². The molecule has 18 heteroatoms. The van der Waals surface area contributed by atoms with Crippen LogP contribution in [0.3, 0.4) is 0 Å². The van der Waals surface area contributed by atoms with Crippen LogP contribution in [0.1, 0.15) is 147 Å². The molecule has 374 valence electrons. The highest BCUT2D eigenvalue weighted by Gasteiger charge is 2.17. The van der Waals surface area contributed by atoms with Crippen LogP contribution in [0.25, 0.3) is 0 Å². The van der Waals surface area contributed by atoms with Gasteiger partial charge in [0, 0.05) is 25.7 Å². The van der Waals surface area contributed by atoms with Gasteiger partial charge in [-0.05, 0) is 70.0 Å². The van der Waals surface area contributed by atoms with Crippen LogP contribution in [0.15, 0.2) is 47.5 Å². The van der Waals surface area contributed by atoms with Crippen LogP contribution in [0.2, 0.25) is 0 Å². The Morgan fingerprint density at radius 2 is 1.09 bits per heavy atom. The second-order valence-corrected chi connectivity index (χ2v) is 18.7. The van der Waals surface area contributed by atoms with Crippen molar-refractivity contribution in [3.63, 3.8) is 0 Å². The van der Waals surface area contributed by atoms with Crippen molar-refractivity contribution in [2.45, 2.75) is 147 Å².